The number of fused-ring (bicyclic) bond motifs is 5. The number of rotatable bonds is 9. The molecule has 36 heavy (non-hydrogen) atoms. The Labute approximate surface area is 225 Å². The van der Waals surface area contributed by atoms with Crippen molar-refractivity contribution in [3.05, 3.63) is 24.3 Å². The molecule has 3 fully saturated rings. The van der Waals surface area contributed by atoms with Crippen LogP contribution in [-0.2, 0) is 0 Å². The van der Waals surface area contributed by atoms with Gasteiger partial charge in [-0.15, -0.1) is 6.58 Å². The van der Waals surface area contributed by atoms with Crippen LogP contribution in [0, 0.1) is 34.5 Å². The van der Waals surface area contributed by atoms with E-state index in [4.69, 9.17) is 11.5 Å². The zero-order chi connectivity index (χ0) is 26.6. The maximum Gasteiger partial charge on any atom is 0.0226 e. The molecule has 3 nitrogen and oxygen atoms in total. The summed E-state index contributed by atoms with van der Waals surface area (Å²) in [5, 5.41) is 3.17. The lowest BCUT2D eigenvalue weighted by Gasteiger charge is -2.58. The SMILES string of the molecule is C=CC.CCCCCCC1CCC2C3CCC4=CC(N)CCC4(C)C3CCC12C.CCNCCCN. The molecular weight excluding hydrogens is 438 g/mol. The van der Waals surface area contributed by atoms with Crippen LogP contribution in [0.2, 0.25) is 0 Å². The highest BCUT2D eigenvalue weighted by atomic mass is 14.8. The Morgan fingerprint density at radius 2 is 1.75 bits per heavy atom. The highest BCUT2D eigenvalue weighted by molar-refractivity contribution is 5.26. The van der Waals surface area contributed by atoms with Gasteiger partial charge in [-0.3, -0.25) is 0 Å². The topological polar surface area (TPSA) is 64.1 Å². The molecule has 5 N–H and O–H groups in total. The van der Waals surface area contributed by atoms with Crippen molar-refractivity contribution in [2.75, 3.05) is 19.6 Å². The molecule has 3 heteroatoms. The van der Waals surface area contributed by atoms with Crippen molar-refractivity contribution >= 4 is 0 Å². The number of unbranched alkanes of at least 4 members (excludes halogenated alkanes) is 3. The quantitative estimate of drug-likeness (QED) is 0.221. The third-order valence-corrected chi connectivity index (χ3v) is 10.6. The van der Waals surface area contributed by atoms with E-state index in [-0.39, 0.29) is 0 Å². The highest BCUT2D eigenvalue weighted by Gasteiger charge is 2.58. The molecule has 0 aromatic carbocycles. The van der Waals surface area contributed by atoms with Crippen molar-refractivity contribution in [3.63, 3.8) is 0 Å². The standard InChI is InChI=1S/C25H43N.C5H14N2.C3H6/c1-4-5-6-7-8-18-10-12-22-21-11-9-19-17-20(26)13-15-25(19,3)23(21)14-16-24(18,22)2;1-2-7-5-3-4-6;1-3-2/h17-18,20-23H,4-16,26H2,1-3H3;7H,2-6H2,1H3;3H,1H2,2H3. The molecule has 3 saturated carbocycles. The largest absolute Gasteiger partial charge is 0.330 e. The predicted octanol–water partition coefficient (Wildman–Crippen LogP) is 8.00. The number of nitrogens with two attached hydrogens (primary N) is 2. The summed E-state index contributed by atoms with van der Waals surface area (Å²) >= 11 is 0. The Morgan fingerprint density at radius 3 is 2.42 bits per heavy atom. The van der Waals surface area contributed by atoms with Gasteiger partial charge in [0.15, 0.2) is 0 Å². The summed E-state index contributed by atoms with van der Waals surface area (Å²) in [6.45, 7) is 17.9. The minimum absolute atomic E-state index is 0.336. The van der Waals surface area contributed by atoms with Gasteiger partial charge in [0, 0.05) is 6.04 Å². The Balaban J connectivity index is 0.000000391. The molecule has 7 atom stereocenters. The first-order chi connectivity index (χ1) is 17.3. The lowest BCUT2D eigenvalue weighted by atomic mass is 9.46. The van der Waals surface area contributed by atoms with Crippen LogP contribution >= 0.6 is 0 Å². The molecule has 0 aromatic rings. The van der Waals surface area contributed by atoms with E-state index in [1.54, 1.807) is 11.6 Å². The summed E-state index contributed by atoms with van der Waals surface area (Å²) in [5.41, 5.74) is 14.4. The van der Waals surface area contributed by atoms with Crippen LogP contribution in [0.15, 0.2) is 24.3 Å². The van der Waals surface area contributed by atoms with E-state index >= 15 is 0 Å². The predicted molar refractivity (Wildman–Crippen MR) is 160 cm³/mol. The van der Waals surface area contributed by atoms with Gasteiger partial charge in [-0.1, -0.05) is 71.1 Å². The van der Waals surface area contributed by atoms with E-state index in [0.717, 1.165) is 49.7 Å². The molecule has 0 spiro atoms. The van der Waals surface area contributed by atoms with Gasteiger partial charge in [0.2, 0.25) is 0 Å². The Morgan fingerprint density at radius 1 is 1.00 bits per heavy atom. The van der Waals surface area contributed by atoms with Gasteiger partial charge in [0.25, 0.3) is 0 Å². The Hall–Kier alpha value is -0.640. The summed E-state index contributed by atoms with van der Waals surface area (Å²) in [4.78, 5) is 0. The van der Waals surface area contributed by atoms with E-state index in [2.05, 4.69) is 45.7 Å². The van der Waals surface area contributed by atoms with E-state index in [1.165, 1.54) is 83.5 Å². The second-order valence-electron chi connectivity index (χ2n) is 12.8. The van der Waals surface area contributed by atoms with Gasteiger partial charge in [-0.2, -0.15) is 0 Å². The smallest absolute Gasteiger partial charge is 0.0226 e. The van der Waals surface area contributed by atoms with Gasteiger partial charge in [0.05, 0.1) is 0 Å². The van der Waals surface area contributed by atoms with E-state index in [1.807, 2.05) is 6.92 Å². The lowest BCUT2D eigenvalue weighted by molar-refractivity contribution is -0.0528. The fourth-order valence-electron chi connectivity index (χ4n) is 8.56. The van der Waals surface area contributed by atoms with Crippen molar-refractivity contribution in [1.29, 1.82) is 0 Å². The maximum atomic E-state index is 6.28. The average Bonchev–Trinajstić information content (AvgIpc) is 3.20. The summed E-state index contributed by atoms with van der Waals surface area (Å²) in [7, 11) is 0. The fraction of sp³-hybridized carbons (Fsp3) is 0.879. The minimum atomic E-state index is 0.336. The molecule has 4 aliphatic carbocycles. The van der Waals surface area contributed by atoms with Gasteiger partial charge in [-0.25, -0.2) is 0 Å². The first kappa shape index (κ1) is 31.6. The van der Waals surface area contributed by atoms with Crippen molar-refractivity contribution in [3.8, 4) is 0 Å². The summed E-state index contributed by atoms with van der Waals surface area (Å²) in [6.07, 6.45) is 24.0. The zero-order valence-corrected chi connectivity index (χ0v) is 24.9. The Kier molecular flexibility index (Phi) is 13.8. The van der Waals surface area contributed by atoms with Crippen LogP contribution in [-0.4, -0.2) is 25.7 Å². The van der Waals surface area contributed by atoms with E-state index < -0.39 is 0 Å². The second-order valence-corrected chi connectivity index (χ2v) is 12.8. The number of hydrogen-bond acceptors (Lipinski definition) is 3. The molecule has 0 amide bonds. The normalized spacial score (nSPS) is 36.6. The van der Waals surface area contributed by atoms with E-state index in [9.17, 15) is 0 Å². The lowest BCUT2D eigenvalue weighted by Crippen LogP contribution is -2.51. The van der Waals surface area contributed by atoms with Crippen molar-refractivity contribution in [2.24, 2.45) is 46.0 Å². The summed E-state index contributed by atoms with van der Waals surface area (Å²) in [6, 6.07) is 0.336. The highest BCUT2D eigenvalue weighted by Crippen LogP contribution is 2.67. The van der Waals surface area contributed by atoms with Gasteiger partial charge in [0.1, 0.15) is 0 Å². The molecule has 7 unspecified atom stereocenters. The first-order valence-corrected chi connectivity index (χ1v) is 15.8. The van der Waals surface area contributed by atoms with Crippen molar-refractivity contribution < 1.29 is 0 Å². The van der Waals surface area contributed by atoms with Gasteiger partial charge in [-0.05, 0) is 125 Å². The molecule has 0 bridgehead atoms. The summed E-state index contributed by atoms with van der Waals surface area (Å²) in [5.74, 6) is 4.00. The average molecular weight is 502 g/mol. The van der Waals surface area contributed by atoms with Crippen molar-refractivity contribution in [2.45, 2.75) is 131 Å². The third-order valence-electron chi connectivity index (χ3n) is 10.6. The van der Waals surface area contributed by atoms with Crippen molar-refractivity contribution in [1.82, 2.24) is 5.32 Å². The molecule has 0 heterocycles. The summed E-state index contributed by atoms with van der Waals surface area (Å²) < 4.78 is 0. The molecule has 0 aromatic heterocycles. The van der Waals surface area contributed by atoms with Gasteiger partial charge >= 0.3 is 0 Å². The number of nitrogens with one attached hydrogen (secondary N) is 1. The van der Waals surface area contributed by atoms with E-state index in [0.29, 0.717) is 16.9 Å². The number of hydrogen-bond donors (Lipinski definition) is 3. The second kappa shape index (κ2) is 15.7. The molecular formula is C33H63N3. The molecule has 4 aliphatic rings. The van der Waals surface area contributed by atoms with Crippen LogP contribution in [0.1, 0.15) is 125 Å². The number of allylic oxidation sites excluding steroid dienone is 2. The van der Waals surface area contributed by atoms with Crippen LogP contribution in [0.3, 0.4) is 0 Å². The molecule has 0 aliphatic heterocycles. The Bertz CT molecular complexity index is 653. The van der Waals surface area contributed by atoms with Crippen LogP contribution in [0.5, 0.6) is 0 Å². The minimum Gasteiger partial charge on any atom is -0.330 e. The van der Waals surface area contributed by atoms with Crippen LogP contribution in [0.4, 0.5) is 0 Å². The van der Waals surface area contributed by atoms with Crippen LogP contribution < -0.4 is 16.8 Å². The monoisotopic (exact) mass is 502 g/mol. The molecule has 0 radical (unpaired) electrons. The zero-order valence-electron chi connectivity index (χ0n) is 24.9. The third kappa shape index (κ3) is 7.70. The maximum absolute atomic E-state index is 6.28. The first-order valence-electron chi connectivity index (χ1n) is 15.8. The molecule has 4 rings (SSSR count). The van der Waals surface area contributed by atoms with Gasteiger partial charge < -0.3 is 16.8 Å². The van der Waals surface area contributed by atoms with Crippen LogP contribution in [0.25, 0.3) is 0 Å². The fourth-order valence-corrected chi connectivity index (χ4v) is 8.56. The molecule has 0 saturated heterocycles. The molecule has 210 valence electrons.